The molecular weight excluding hydrogens is 290 g/mol. The summed E-state index contributed by atoms with van der Waals surface area (Å²) < 4.78 is 1.68. The van der Waals surface area contributed by atoms with Crippen LogP contribution in [0.4, 0.5) is 5.95 Å². The molecule has 2 aromatic carbocycles. The van der Waals surface area contributed by atoms with Crippen molar-refractivity contribution in [3.8, 4) is 0 Å². The first-order valence-corrected chi connectivity index (χ1v) is 7.15. The Morgan fingerprint density at radius 2 is 1.78 bits per heavy atom. The molecule has 2 aromatic heterocycles. The van der Waals surface area contributed by atoms with Crippen LogP contribution < -0.4 is 5.73 Å². The van der Waals surface area contributed by atoms with Gasteiger partial charge in [0.1, 0.15) is 5.82 Å². The minimum Gasteiger partial charge on any atom is -0.369 e. The number of ketones is 1. The summed E-state index contributed by atoms with van der Waals surface area (Å²) in [6.45, 7) is 1.76. The fourth-order valence-electron chi connectivity index (χ4n) is 2.65. The number of nitrogens with two attached hydrogens (primary N) is 1. The lowest BCUT2D eigenvalue weighted by Gasteiger charge is -2.02. The van der Waals surface area contributed by atoms with Crippen LogP contribution in [0.1, 0.15) is 21.7 Å². The van der Waals surface area contributed by atoms with E-state index in [9.17, 15) is 4.79 Å². The Hall–Kier alpha value is -3.28. The lowest BCUT2D eigenvalue weighted by Crippen LogP contribution is -2.04. The quantitative estimate of drug-likeness (QED) is 0.575. The van der Waals surface area contributed by atoms with Crippen molar-refractivity contribution in [1.29, 1.82) is 0 Å². The number of aryl methyl sites for hydroxylation is 1. The van der Waals surface area contributed by atoms with Crippen LogP contribution in [0.5, 0.6) is 0 Å². The molecule has 0 fully saturated rings. The third kappa shape index (κ3) is 2.12. The molecule has 0 saturated heterocycles. The molecule has 0 atom stereocenters. The van der Waals surface area contributed by atoms with Crippen molar-refractivity contribution < 1.29 is 4.79 Å². The number of fused-ring (bicyclic) bond motifs is 3. The average molecular weight is 303 g/mol. The largest absolute Gasteiger partial charge is 0.369 e. The van der Waals surface area contributed by atoms with Gasteiger partial charge < -0.3 is 5.73 Å². The van der Waals surface area contributed by atoms with E-state index in [2.05, 4.69) is 15.0 Å². The van der Waals surface area contributed by atoms with E-state index in [1.165, 1.54) is 0 Å². The molecule has 0 aliphatic rings. The highest BCUT2D eigenvalue weighted by atomic mass is 16.1. The summed E-state index contributed by atoms with van der Waals surface area (Å²) in [6, 6.07) is 14.5. The van der Waals surface area contributed by atoms with E-state index in [4.69, 9.17) is 5.73 Å². The summed E-state index contributed by atoms with van der Waals surface area (Å²) in [7, 11) is 0. The summed E-state index contributed by atoms with van der Waals surface area (Å²) in [5, 5.41) is 0. The number of rotatable bonds is 2. The summed E-state index contributed by atoms with van der Waals surface area (Å²) in [5.74, 6) is 1.33. The Kier molecular flexibility index (Phi) is 2.84. The number of imidazole rings is 1. The third-order valence-corrected chi connectivity index (χ3v) is 3.70. The van der Waals surface area contributed by atoms with Gasteiger partial charge in [0.05, 0.1) is 11.0 Å². The molecule has 6 nitrogen and oxygen atoms in total. The molecule has 2 N–H and O–H groups in total. The summed E-state index contributed by atoms with van der Waals surface area (Å²) in [5.41, 5.74) is 8.63. The van der Waals surface area contributed by atoms with Crippen molar-refractivity contribution in [2.24, 2.45) is 0 Å². The van der Waals surface area contributed by atoms with Crippen LogP contribution in [0.3, 0.4) is 0 Å². The van der Waals surface area contributed by atoms with Crippen LogP contribution >= 0.6 is 0 Å². The van der Waals surface area contributed by atoms with E-state index in [1.807, 2.05) is 24.3 Å². The van der Waals surface area contributed by atoms with Crippen molar-refractivity contribution >= 4 is 28.5 Å². The van der Waals surface area contributed by atoms with E-state index in [-0.39, 0.29) is 5.78 Å². The number of benzene rings is 2. The molecule has 0 amide bonds. The lowest BCUT2D eigenvalue weighted by atomic mass is 10.0. The first-order chi connectivity index (χ1) is 11.1. The maximum Gasteiger partial charge on any atom is 0.239 e. The zero-order valence-corrected chi connectivity index (χ0v) is 12.4. The molecule has 23 heavy (non-hydrogen) atoms. The van der Waals surface area contributed by atoms with Gasteiger partial charge in [-0.05, 0) is 25.1 Å². The molecule has 0 saturated carbocycles. The minimum atomic E-state index is -0.0419. The molecule has 4 rings (SSSR count). The lowest BCUT2D eigenvalue weighted by molar-refractivity contribution is 0.103. The molecule has 4 aromatic rings. The molecule has 0 aliphatic carbocycles. The molecule has 0 spiro atoms. The standard InChI is InChI=1S/C17H13N5O/c1-10-19-16(18)22-14-8-7-12(9-13(14)21-17(22)20-10)15(23)11-5-3-2-4-6-11/h2-9H,1H3,(H2,18,19,20,21). The van der Waals surface area contributed by atoms with Gasteiger partial charge in [-0.2, -0.15) is 9.97 Å². The van der Waals surface area contributed by atoms with E-state index < -0.39 is 0 Å². The molecule has 112 valence electrons. The van der Waals surface area contributed by atoms with Crippen LogP contribution in [-0.4, -0.2) is 25.1 Å². The number of hydrogen-bond donors (Lipinski definition) is 1. The molecule has 0 aliphatic heterocycles. The summed E-state index contributed by atoms with van der Waals surface area (Å²) >= 11 is 0. The third-order valence-electron chi connectivity index (χ3n) is 3.70. The second kappa shape index (κ2) is 4.88. The van der Waals surface area contributed by atoms with E-state index in [0.717, 1.165) is 5.52 Å². The number of hydrogen-bond acceptors (Lipinski definition) is 5. The fraction of sp³-hybridized carbons (Fsp3) is 0.0588. The Labute approximate surface area is 131 Å². The highest BCUT2D eigenvalue weighted by Gasteiger charge is 2.14. The van der Waals surface area contributed by atoms with Crippen molar-refractivity contribution in [2.75, 3.05) is 5.73 Å². The van der Waals surface area contributed by atoms with Gasteiger partial charge in [0.15, 0.2) is 5.78 Å². The summed E-state index contributed by atoms with van der Waals surface area (Å²) in [6.07, 6.45) is 0. The average Bonchev–Trinajstić information content (AvgIpc) is 2.92. The molecule has 0 bridgehead atoms. The predicted molar refractivity (Wildman–Crippen MR) is 87.3 cm³/mol. The fourth-order valence-corrected chi connectivity index (χ4v) is 2.65. The smallest absolute Gasteiger partial charge is 0.239 e. The number of aromatic nitrogens is 4. The molecule has 2 heterocycles. The Morgan fingerprint density at radius 3 is 2.57 bits per heavy atom. The normalized spacial score (nSPS) is 11.2. The molecular formula is C17H13N5O. The molecule has 0 unspecified atom stereocenters. The van der Waals surface area contributed by atoms with Crippen LogP contribution in [0.15, 0.2) is 48.5 Å². The molecule has 0 radical (unpaired) electrons. The van der Waals surface area contributed by atoms with Crippen molar-refractivity contribution in [3.05, 3.63) is 65.5 Å². The Balaban J connectivity index is 1.90. The predicted octanol–water partition coefficient (Wildman–Crippen LogP) is 2.40. The highest BCUT2D eigenvalue weighted by molar-refractivity contribution is 6.10. The van der Waals surface area contributed by atoms with Crippen LogP contribution in [0, 0.1) is 6.92 Å². The molecule has 6 heteroatoms. The van der Waals surface area contributed by atoms with Crippen molar-refractivity contribution in [1.82, 2.24) is 19.4 Å². The van der Waals surface area contributed by atoms with Gasteiger partial charge >= 0.3 is 0 Å². The van der Waals surface area contributed by atoms with Gasteiger partial charge in [0.2, 0.25) is 11.7 Å². The topological polar surface area (TPSA) is 86.2 Å². The van der Waals surface area contributed by atoms with Crippen LogP contribution in [0.25, 0.3) is 16.8 Å². The van der Waals surface area contributed by atoms with Gasteiger partial charge in [-0.25, -0.2) is 9.38 Å². The second-order valence-corrected chi connectivity index (χ2v) is 5.27. The number of nitrogen functional groups attached to an aromatic ring is 1. The Morgan fingerprint density at radius 1 is 1.00 bits per heavy atom. The van der Waals surface area contributed by atoms with Gasteiger partial charge in [-0.3, -0.25) is 4.79 Å². The zero-order valence-electron chi connectivity index (χ0n) is 12.4. The first kappa shape index (κ1) is 13.4. The van der Waals surface area contributed by atoms with E-state index in [0.29, 0.717) is 34.2 Å². The number of carbonyl (C=O) groups is 1. The van der Waals surface area contributed by atoms with Crippen molar-refractivity contribution in [2.45, 2.75) is 6.92 Å². The zero-order chi connectivity index (χ0) is 16.0. The Bertz CT molecular complexity index is 1050. The van der Waals surface area contributed by atoms with Gasteiger partial charge in [-0.1, -0.05) is 30.3 Å². The number of nitrogens with zero attached hydrogens (tertiary/aromatic N) is 4. The van der Waals surface area contributed by atoms with Crippen LogP contribution in [0.2, 0.25) is 0 Å². The van der Waals surface area contributed by atoms with E-state index >= 15 is 0 Å². The van der Waals surface area contributed by atoms with E-state index in [1.54, 1.807) is 35.6 Å². The highest BCUT2D eigenvalue weighted by Crippen LogP contribution is 2.21. The minimum absolute atomic E-state index is 0.0419. The van der Waals surface area contributed by atoms with Gasteiger partial charge in [0.25, 0.3) is 0 Å². The summed E-state index contributed by atoms with van der Waals surface area (Å²) in [4.78, 5) is 25.4. The maximum atomic E-state index is 12.5. The second-order valence-electron chi connectivity index (χ2n) is 5.27. The van der Waals surface area contributed by atoms with Gasteiger partial charge in [0, 0.05) is 11.1 Å². The van der Waals surface area contributed by atoms with Crippen LogP contribution in [-0.2, 0) is 0 Å². The SMILES string of the molecule is Cc1nc(N)n2c(n1)nc1cc(C(=O)c3ccccc3)ccc12. The van der Waals surface area contributed by atoms with Gasteiger partial charge in [-0.15, -0.1) is 0 Å². The maximum absolute atomic E-state index is 12.5. The van der Waals surface area contributed by atoms with Crippen molar-refractivity contribution in [3.63, 3.8) is 0 Å². The first-order valence-electron chi connectivity index (χ1n) is 7.15. The number of anilines is 1. The monoisotopic (exact) mass is 303 g/mol. The number of carbonyl (C=O) groups excluding carboxylic acids is 1.